The standard InChI is InChI=1S/C16H15NO3S2/c18-15(10-8-11(10)16(19)20)17-5-3-12-9(4-7-22-12)14(17)13-2-1-6-21-13/h1-2,4,6-7,10-11,14H,3,5,8H2,(H,19,20). The van der Waals surface area contributed by atoms with Crippen LogP contribution in [0.25, 0.3) is 0 Å². The van der Waals surface area contributed by atoms with E-state index in [2.05, 4.69) is 17.5 Å². The van der Waals surface area contributed by atoms with Crippen LogP contribution in [0.3, 0.4) is 0 Å². The van der Waals surface area contributed by atoms with E-state index in [1.807, 2.05) is 16.3 Å². The van der Waals surface area contributed by atoms with Crippen molar-refractivity contribution in [2.24, 2.45) is 11.8 Å². The first-order valence-corrected chi connectivity index (χ1v) is 9.05. The molecule has 1 amide bonds. The number of carbonyl (C=O) groups is 2. The summed E-state index contributed by atoms with van der Waals surface area (Å²) in [5.41, 5.74) is 1.21. The minimum absolute atomic E-state index is 0.00245. The Balaban J connectivity index is 1.67. The fourth-order valence-corrected chi connectivity index (χ4v) is 5.02. The van der Waals surface area contributed by atoms with E-state index in [0.717, 1.165) is 11.3 Å². The Bertz CT molecular complexity index is 722. The first-order valence-electron chi connectivity index (χ1n) is 7.29. The topological polar surface area (TPSA) is 57.6 Å². The quantitative estimate of drug-likeness (QED) is 0.939. The number of carboxylic acids is 1. The lowest BCUT2D eigenvalue weighted by molar-refractivity contribution is -0.142. The molecule has 4 nitrogen and oxygen atoms in total. The van der Waals surface area contributed by atoms with Gasteiger partial charge >= 0.3 is 5.97 Å². The molecule has 6 heteroatoms. The van der Waals surface area contributed by atoms with Crippen molar-refractivity contribution in [3.05, 3.63) is 44.3 Å². The molecule has 1 N–H and O–H groups in total. The van der Waals surface area contributed by atoms with Crippen molar-refractivity contribution in [3.63, 3.8) is 0 Å². The number of nitrogens with zero attached hydrogens (tertiary/aromatic N) is 1. The zero-order valence-corrected chi connectivity index (χ0v) is 13.4. The van der Waals surface area contributed by atoms with Crippen LogP contribution >= 0.6 is 22.7 Å². The second kappa shape index (κ2) is 5.21. The molecule has 0 radical (unpaired) electrons. The van der Waals surface area contributed by atoms with Gasteiger partial charge in [0, 0.05) is 16.3 Å². The lowest BCUT2D eigenvalue weighted by Gasteiger charge is -2.35. The van der Waals surface area contributed by atoms with Crippen LogP contribution in [0.2, 0.25) is 0 Å². The fraction of sp³-hybridized carbons (Fsp3) is 0.375. The normalized spacial score (nSPS) is 26.5. The lowest BCUT2D eigenvalue weighted by atomic mass is 9.97. The summed E-state index contributed by atoms with van der Waals surface area (Å²) < 4.78 is 0. The maximum Gasteiger partial charge on any atom is 0.307 e. The first kappa shape index (κ1) is 14.0. The van der Waals surface area contributed by atoms with Crippen molar-refractivity contribution < 1.29 is 14.7 Å². The molecule has 1 fully saturated rings. The van der Waals surface area contributed by atoms with Gasteiger partial charge in [-0.2, -0.15) is 0 Å². The van der Waals surface area contributed by atoms with Crippen molar-refractivity contribution in [3.8, 4) is 0 Å². The monoisotopic (exact) mass is 333 g/mol. The molecule has 0 aromatic carbocycles. The predicted molar refractivity (Wildman–Crippen MR) is 85.1 cm³/mol. The van der Waals surface area contributed by atoms with Gasteiger partial charge in [-0.25, -0.2) is 0 Å². The van der Waals surface area contributed by atoms with Gasteiger partial charge in [-0.05, 0) is 41.3 Å². The third kappa shape index (κ3) is 2.18. The number of carbonyl (C=O) groups excluding carboxylic acids is 1. The molecule has 4 rings (SSSR count). The summed E-state index contributed by atoms with van der Waals surface area (Å²) in [6.45, 7) is 0.678. The summed E-state index contributed by atoms with van der Waals surface area (Å²) in [6, 6.07) is 6.12. The van der Waals surface area contributed by atoms with E-state index in [9.17, 15) is 9.59 Å². The number of thiophene rings is 2. The number of aliphatic carboxylic acids is 1. The van der Waals surface area contributed by atoms with Crippen molar-refractivity contribution in [2.45, 2.75) is 18.9 Å². The maximum absolute atomic E-state index is 12.8. The Morgan fingerprint density at radius 2 is 2.05 bits per heavy atom. The largest absolute Gasteiger partial charge is 0.481 e. The number of hydrogen-bond acceptors (Lipinski definition) is 4. The second-order valence-corrected chi connectivity index (χ2v) is 7.77. The maximum atomic E-state index is 12.8. The van der Waals surface area contributed by atoms with Crippen LogP contribution in [0, 0.1) is 11.8 Å². The number of fused-ring (bicyclic) bond motifs is 1. The highest BCUT2D eigenvalue weighted by atomic mass is 32.1. The Hall–Kier alpha value is -1.66. The molecular formula is C16H15NO3S2. The Kier molecular flexibility index (Phi) is 3.31. The minimum atomic E-state index is -0.848. The molecule has 1 aliphatic heterocycles. The van der Waals surface area contributed by atoms with Crippen molar-refractivity contribution in [1.82, 2.24) is 4.90 Å². The zero-order chi connectivity index (χ0) is 15.3. The third-order valence-electron chi connectivity index (χ3n) is 4.49. The van der Waals surface area contributed by atoms with Crippen molar-refractivity contribution in [1.29, 1.82) is 0 Å². The van der Waals surface area contributed by atoms with Crippen molar-refractivity contribution >= 4 is 34.6 Å². The van der Waals surface area contributed by atoms with Gasteiger partial charge in [0.15, 0.2) is 0 Å². The molecule has 114 valence electrons. The van der Waals surface area contributed by atoms with E-state index < -0.39 is 11.9 Å². The Morgan fingerprint density at radius 1 is 1.18 bits per heavy atom. The van der Waals surface area contributed by atoms with E-state index >= 15 is 0 Å². The number of carboxylic acid groups (broad SMARTS) is 1. The molecule has 2 aromatic heterocycles. The summed E-state index contributed by atoms with van der Waals surface area (Å²) >= 11 is 3.39. The van der Waals surface area contributed by atoms with Gasteiger partial charge in [-0.15, -0.1) is 22.7 Å². The Morgan fingerprint density at radius 3 is 2.73 bits per heavy atom. The summed E-state index contributed by atoms with van der Waals surface area (Å²) in [5, 5.41) is 13.2. The highest BCUT2D eigenvalue weighted by Gasteiger charge is 2.51. The number of rotatable bonds is 3. The molecule has 3 atom stereocenters. The predicted octanol–water partition coefficient (Wildman–Crippen LogP) is 3.00. The van der Waals surface area contributed by atoms with Crippen LogP contribution < -0.4 is 0 Å². The Labute approximate surface area is 136 Å². The van der Waals surface area contributed by atoms with Crippen LogP contribution in [-0.2, 0) is 16.0 Å². The molecule has 3 heterocycles. The molecule has 0 bridgehead atoms. The van der Waals surface area contributed by atoms with Gasteiger partial charge in [0.1, 0.15) is 0 Å². The van der Waals surface area contributed by atoms with E-state index in [-0.39, 0.29) is 17.9 Å². The summed E-state index contributed by atoms with van der Waals surface area (Å²) in [6.07, 6.45) is 1.35. The summed E-state index contributed by atoms with van der Waals surface area (Å²) in [4.78, 5) is 28.2. The third-order valence-corrected chi connectivity index (χ3v) is 6.41. The average Bonchev–Trinajstić information content (AvgIpc) is 2.93. The smallest absolute Gasteiger partial charge is 0.307 e. The average molecular weight is 333 g/mol. The molecule has 2 aromatic rings. The minimum Gasteiger partial charge on any atom is -0.481 e. The van der Waals surface area contributed by atoms with Gasteiger partial charge in [0.2, 0.25) is 5.91 Å². The van der Waals surface area contributed by atoms with E-state index in [1.165, 1.54) is 10.4 Å². The van der Waals surface area contributed by atoms with E-state index in [4.69, 9.17) is 5.11 Å². The highest BCUT2D eigenvalue weighted by Crippen LogP contribution is 2.45. The van der Waals surface area contributed by atoms with Gasteiger partial charge in [-0.3, -0.25) is 9.59 Å². The molecule has 22 heavy (non-hydrogen) atoms. The molecule has 0 saturated heterocycles. The van der Waals surface area contributed by atoms with E-state index in [0.29, 0.717) is 13.0 Å². The van der Waals surface area contributed by atoms with E-state index in [1.54, 1.807) is 22.7 Å². The fourth-order valence-electron chi connectivity index (χ4n) is 3.26. The molecular weight excluding hydrogens is 318 g/mol. The molecule has 3 unspecified atom stereocenters. The number of hydrogen-bond donors (Lipinski definition) is 1. The van der Waals surface area contributed by atoms with Gasteiger partial charge in [0.25, 0.3) is 0 Å². The van der Waals surface area contributed by atoms with Crippen LogP contribution in [0.1, 0.15) is 27.8 Å². The first-order chi connectivity index (χ1) is 10.7. The summed E-state index contributed by atoms with van der Waals surface area (Å²) in [5.74, 6) is -1.66. The molecule has 1 aliphatic carbocycles. The van der Waals surface area contributed by atoms with Crippen LogP contribution in [0.5, 0.6) is 0 Å². The molecule has 2 aliphatic rings. The lowest BCUT2D eigenvalue weighted by Crippen LogP contribution is -2.41. The molecule has 0 spiro atoms. The highest BCUT2D eigenvalue weighted by molar-refractivity contribution is 7.10. The van der Waals surface area contributed by atoms with Crippen LogP contribution in [0.15, 0.2) is 29.0 Å². The molecule has 1 saturated carbocycles. The SMILES string of the molecule is O=C(O)C1CC1C(=O)N1CCc2sccc2C1c1cccs1. The van der Waals surface area contributed by atoms with Gasteiger partial charge in [0.05, 0.1) is 17.9 Å². The number of amides is 1. The zero-order valence-electron chi connectivity index (χ0n) is 11.8. The second-order valence-electron chi connectivity index (χ2n) is 5.79. The summed E-state index contributed by atoms with van der Waals surface area (Å²) in [7, 11) is 0. The van der Waals surface area contributed by atoms with Gasteiger partial charge < -0.3 is 10.0 Å². The van der Waals surface area contributed by atoms with Crippen molar-refractivity contribution in [2.75, 3.05) is 6.54 Å². The van der Waals surface area contributed by atoms with Crippen LogP contribution in [0.4, 0.5) is 0 Å². The van der Waals surface area contributed by atoms with Gasteiger partial charge in [-0.1, -0.05) is 6.07 Å². The van der Waals surface area contributed by atoms with Crippen LogP contribution in [-0.4, -0.2) is 28.4 Å².